The monoisotopic (exact) mass is 219 g/mol. The standard InChI is InChI=1S/C12H13NOS/c1-12(2,8-14)7-11-13-9-5-3-4-6-10(9)15-11/h3-6,8H,7H2,1-2H3. The van der Waals surface area contributed by atoms with Crippen LogP contribution in [0.1, 0.15) is 18.9 Å². The molecular weight excluding hydrogens is 206 g/mol. The maximum atomic E-state index is 10.8. The molecule has 15 heavy (non-hydrogen) atoms. The number of aromatic nitrogens is 1. The molecule has 3 heteroatoms. The highest BCUT2D eigenvalue weighted by Crippen LogP contribution is 2.26. The Morgan fingerprint density at radius 3 is 2.80 bits per heavy atom. The number of hydrogen-bond donors (Lipinski definition) is 0. The van der Waals surface area contributed by atoms with Gasteiger partial charge >= 0.3 is 0 Å². The van der Waals surface area contributed by atoms with Crippen molar-refractivity contribution >= 4 is 27.8 Å². The van der Waals surface area contributed by atoms with Gasteiger partial charge in [-0.1, -0.05) is 26.0 Å². The number of rotatable bonds is 3. The Bertz CT molecular complexity index is 454. The summed E-state index contributed by atoms with van der Waals surface area (Å²) in [6, 6.07) is 8.06. The van der Waals surface area contributed by atoms with Gasteiger partial charge in [0.2, 0.25) is 0 Å². The van der Waals surface area contributed by atoms with E-state index >= 15 is 0 Å². The first-order valence-corrected chi connectivity index (χ1v) is 5.73. The molecule has 0 bridgehead atoms. The van der Waals surface area contributed by atoms with Crippen LogP contribution < -0.4 is 0 Å². The fourth-order valence-electron chi connectivity index (χ4n) is 1.43. The molecule has 0 amide bonds. The molecule has 2 rings (SSSR count). The Balaban J connectivity index is 2.33. The fraction of sp³-hybridized carbons (Fsp3) is 0.333. The first kappa shape index (κ1) is 10.3. The fourth-order valence-corrected chi connectivity index (χ4v) is 2.63. The molecule has 0 aliphatic carbocycles. The number of benzene rings is 1. The molecule has 0 unspecified atom stereocenters. The molecule has 2 aromatic rings. The number of fused-ring (bicyclic) bond motifs is 1. The summed E-state index contributed by atoms with van der Waals surface area (Å²) in [5.74, 6) is 0. The second-order valence-corrected chi connectivity index (χ2v) is 5.47. The maximum Gasteiger partial charge on any atom is 0.126 e. The third-order valence-corrected chi connectivity index (χ3v) is 3.30. The molecular formula is C12H13NOS. The van der Waals surface area contributed by atoms with E-state index in [-0.39, 0.29) is 5.41 Å². The van der Waals surface area contributed by atoms with Crippen molar-refractivity contribution in [3.63, 3.8) is 0 Å². The summed E-state index contributed by atoms with van der Waals surface area (Å²) >= 11 is 1.67. The molecule has 0 N–H and O–H groups in total. The first-order chi connectivity index (χ1) is 7.11. The van der Waals surface area contributed by atoms with Gasteiger partial charge in [-0.2, -0.15) is 0 Å². The van der Waals surface area contributed by atoms with Crippen molar-refractivity contribution in [2.45, 2.75) is 20.3 Å². The first-order valence-electron chi connectivity index (χ1n) is 4.91. The highest BCUT2D eigenvalue weighted by Gasteiger charge is 2.19. The van der Waals surface area contributed by atoms with Crippen LogP contribution in [0.15, 0.2) is 24.3 Å². The van der Waals surface area contributed by atoms with Gasteiger partial charge in [-0.25, -0.2) is 4.98 Å². The Morgan fingerprint density at radius 1 is 1.40 bits per heavy atom. The number of para-hydroxylation sites is 1. The van der Waals surface area contributed by atoms with Gasteiger partial charge in [0.05, 0.1) is 15.2 Å². The number of carbonyl (C=O) groups is 1. The quantitative estimate of drug-likeness (QED) is 0.743. The number of nitrogens with zero attached hydrogens (tertiary/aromatic N) is 1. The van der Waals surface area contributed by atoms with Crippen molar-refractivity contribution in [3.8, 4) is 0 Å². The number of thiazole rings is 1. The SMILES string of the molecule is CC(C)(C=O)Cc1nc2ccccc2s1. The minimum absolute atomic E-state index is 0.312. The zero-order valence-electron chi connectivity index (χ0n) is 8.86. The van der Waals surface area contributed by atoms with Gasteiger partial charge in [0, 0.05) is 11.8 Å². The lowest BCUT2D eigenvalue weighted by Crippen LogP contribution is -2.16. The van der Waals surface area contributed by atoms with Gasteiger partial charge in [0.25, 0.3) is 0 Å². The van der Waals surface area contributed by atoms with Crippen molar-refractivity contribution < 1.29 is 4.79 Å². The number of hydrogen-bond acceptors (Lipinski definition) is 3. The van der Waals surface area contributed by atoms with Crippen LogP contribution in [0, 0.1) is 5.41 Å². The van der Waals surface area contributed by atoms with Crippen LogP contribution in [0.4, 0.5) is 0 Å². The molecule has 0 saturated carbocycles. The molecule has 0 atom stereocenters. The average molecular weight is 219 g/mol. The summed E-state index contributed by atoms with van der Waals surface area (Å²) in [7, 11) is 0. The number of carbonyl (C=O) groups excluding carboxylic acids is 1. The number of aldehydes is 1. The third kappa shape index (κ3) is 2.23. The van der Waals surface area contributed by atoms with E-state index in [2.05, 4.69) is 11.1 Å². The molecule has 0 radical (unpaired) electrons. The van der Waals surface area contributed by atoms with Crippen LogP contribution in [-0.4, -0.2) is 11.3 Å². The van der Waals surface area contributed by atoms with E-state index in [9.17, 15) is 4.79 Å². The lowest BCUT2D eigenvalue weighted by atomic mass is 9.92. The Morgan fingerprint density at radius 2 is 2.13 bits per heavy atom. The maximum absolute atomic E-state index is 10.8. The van der Waals surface area contributed by atoms with Crippen molar-refractivity contribution in [2.75, 3.05) is 0 Å². The summed E-state index contributed by atoms with van der Waals surface area (Å²) in [5, 5.41) is 1.04. The van der Waals surface area contributed by atoms with Crippen LogP contribution in [0.5, 0.6) is 0 Å². The normalized spacial score (nSPS) is 11.9. The largest absolute Gasteiger partial charge is 0.303 e. The molecule has 1 aromatic carbocycles. The third-order valence-electron chi connectivity index (χ3n) is 2.26. The molecule has 1 heterocycles. The van der Waals surface area contributed by atoms with E-state index in [0.717, 1.165) is 23.2 Å². The van der Waals surface area contributed by atoms with E-state index in [1.165, 1.54) is 4.70 Å². The minimum atomic E-state index is -0.312. The molecule has 0 fully saturated rings. The van der Waals surface area contributed by atoms with Crippen molar-refractivity contribution in [1.29, 1.82) is 0 Å². The van der Waals surface area contributed by atoms with Crippen molar-refractivity contribution in [3.05, 3.63) is 29.3 Å². The van der Waals surface area contributed by atoms with Gasteiger partial charge in [-0.05, 0) is 12.1 Å². The second kappa shape index (κ2) is 3.74. The van der Waals surface area contributed by atoms with E-state index in [1.807, 2.05) is 32.0 Å². The smallest absolute Gasteiger partial charge is 0.126 e. The predicted molar refractivity (Wildman–Crippen MR) is 63.2 cm³/mol. The topological polar surface area (TPSA) is 30.0 Å². The summed E-state index contributed by atoms with van der Waals surface area (Å²) in [5.41, 5.74) is 0.715. The van der Waals surface area contributed by atoms with Gasteiger partial charge in [-0.3, -0.25) is 0 Å². The van der Waals surface area contributed by atoms with E-state index in [0.29, 0.717) is 0 Å². The van der Waals surface area contributed by atoms with Crippen LogP contribution in [0.2, 0.25) is 0 Å². The Hall–Kier alpha value is -1.22. The lowest BCUT2D eigenvalue weighted by molar-refractivity contribution is -0.114. The van der Waals surface area contributed by atoms with Gasteiger partial charge in [-0.15, -0.1) is 11.3 Å². The summed E-state index contributed by atoms with van der Waals surface area (Å²) in [4.78, 5) is 15.3. The average Bonchev–Trinajstić information content (AvgIpc) is 2.58. The summed E-state index contributed by atoms with van der Waals surface area (Å²) in [6.45, 7) is 3.87. The van der Waals surface area contributed by atoms with Crippen molar-refractivity contribution in [2.24, 2.45) is 5.41 Å². The highest BCUT2D eigenvalue weighted by molar-refractivity contribution is 7.18. The van der Waals surface area contributed by atoms with Crippen LogP contribution in [0.25, 0.3) is 10.2 Å². The second-order valence-electron chi connectivity index (χ2n) is 4.36. The van der Waals surface area contributed by atoms with Crippen LogP contribution in [-0.2, 0) is 11.2 Å². The summed E-state index contributed by atoms with van der Waals surface area (Å²) in [6.07, 6.45) is 1.72. The summed E-state index contributed by atoms with van der Waals surface area (Å²) < 4.78 is 1.19. The Labute approximate surface area is 93.0 Å². The zero-order chi connectivity index (χ0) is 10.9. The minimum Gasteiger partial charge on any atom is -0.303 e. The van der Waals surface area contributed by atoms with Gasteiger partial charge in [0.1, 0.15) is 6.29 Å². The van der Waals surface area contributed by atoms with E-state index in [1.54, 1.807) is 11.3 Å². The zero-order valence-corrected chi connectivity index (χ0v) is 9.67. The lowest BCUT2D eigenvalue weighted by Gasteiger charge is -2.13. The van der Waals surface area contributed by atoms with Crippen molar-refractivity contribution in [1.82, 2.24) is 4.98 Å². The predicted octanol–water partition coefficient (Wildman–Crippen LogP) is 3.06. The Kier molecular flexibility index (Phi) is 2.57. The molecule has 0 aliphatic heterocycles. The van der Waals surface area contributed by atoms with Crippen LogP contribution in [0.3, 0.4) is 0 Å². The van der Waals surface area contributed by atoms with E-state index in [4.69, 9.17) is 0 Å². The molecule has 0 saturated heterocycles. The molecule has 2 nitrogen and oxygen atoms in total. The molecule has 1 aromatic heterocycles. The molecule has 0 aliphatic rings. The van der Waals surface area contributed by atoms with Crippen LogP contribution >= 0.6 is 11.3 Å². The van der Waals surface area contributed by atoms with Gasteiger partial charge in [0.15, 0.2) is 0 Å². The highest BCUT2D eigenvalue weighted by atomic mass is 32.1. The molecule has 78 valence electrons. The van der Waals surface area contributed by atoms with Gasteiger partial charge < -0.3 is 4.79 Å². The van der Waals surface area contributed by atoms with E-state index < -0.39 is 0 Å². The molecule has 0 spiro atoms.